The highest BCUT2D eigenvalue weighted by molar-refractivity contribution is 14.1. The van der Waals surface area contributed by atoms with E-state index in [0.29, 0.717) is 26.3 Å². The molecular weight excluding hydrogens is 394 g/mol. The predicted octanol–water partition coefficient (Wildman–Crippen LogP) is 2.68. The van der Waals surface area contributed by atoms with E-state index >= 15 is 0 Å². The van der Waals surface area contributed by atoms with E-state index in [-0.39, 0.29) is 14.9 Å². The lowest BCUT2D eigenvalue weighted by Crippen LogP contribution is -2.49. The van der Waals surface area contributed by atoms with Crippen LogP contribution in [0.25, 0.3) is 0 Å². The van der Waals surface area contributed by atoms with Gasteiger partial charge in [-0.3, -0.25) is 10.1 Å². The fraction of sp³-hybridized carbons (Fsp3) is 0.538. The molecule has 1 aromatic carbocycles. The van der Waals surface area contributed by atoms with E-state index in [1.807, 2.05) is 0 Å². The average molecular weight is 408 g/mol. The summed E-state index contributed by atoms with van der Waals surface area (Å²) in [6, 6.07) is 2.50. The quantitative estimate of drug-likeness (QED) is 0.428. The smallest absolute Gasteiger partial charge is 0.293 e. The van der Waals surface area contributed by atoms with Crippen LogP contribution >= 0.6 is 22.6 Å². The van der Waals surface area contributed by atoms with Gasteiger partial charge in [-0.15, -0.1) is 0 Å². The Balaban J connectivity index is 1.95. The number of halogens is 2. The Morgan fingerprint density at radius 2 is 2.10 bits per heavy atom. The predicted molar refractivity (Wildman–Crippen MR) is 81.9 cm³/mol. The lowest BCUT2D eigenvalue weighted by molar-refractivity contribution is -0.384. The Kier molecular flexibility index (Phi) is 4.02. The molecule has 114 valence electrons. The molecule has 1 spiro atoms. The SMILES string of the molecule is O=[N+]([O-])c1cc(I)c(F)cc1N1CCCC2(C1)OCCO2. The van der Waals surface area contributed by atoms with Crippen LogP contribution in [0.1, 0.15) is 12.8 Å². The molecular formula is C13H14FIN2O4. The second-order valence-electron chi connectivity index (χ2n) is 5.14. The van der Waals surface area contributed by atoms with Crippen molar-refractivity contribution < 1.29 is 18.8 Å². The van der Waals surface area contributed by atoms with Crippen molar-refractivity contribution in [3.8, 4) is 0 Å². The normalized spacial score (nSPS) is 21.0. The van der Waals surface area contributed by atoms with Crippen LogP contribution in [0.4, 0.5) is 15.8 Å². The fourth-order valence-electron chi connectivity index (χ4n) is 2.85. The molecule has 0 atom stereocenters. The number of hydrogen-bond donors (Lipinski definition) is 0. The number of nitrogens with zero attached hydrogens (tertiary/aromatic N) is 2. The van der Waals surface area contributed by atoms with Crippen molar-refractivity contribution in [1.29, 1.82) is 0 Å². The number of nitro groups is 1. The molecule has 21 heavy (non-hydrogen) atoms. The molecule has 2 saturated heterocycles. The summed E-state index contributed by atoms with van der Waals surface area (Å²) in [6.07, 6.45) is 1.54. The van der Waals surface area contributed by atoms with E-state index in [2.05, 4.69) is 0 Å². The molecule has 0 aromatic heterocycles. The summed E-state index contributed by atoms with van der Waals surface area (Å²) >= 11 is 1.76. The van der Waals surface area contributed by atoms with Crippen LogP contribution in [0.2, 0.25) is 0 Å². The number of rotatable bonds is 2. The standard InChI is InChI=1S/C13H14FIN2O4/c14-9-6-11(12(17(18)19)7-10(9)15)16-3-1-2-13(8-16)20-4-5-21-13/h6-7H,1-5,8H2. The first-order valence-corrected chi connectivity index (χ1v) is 7.75. The van der Waals surface area contributed by atoms with Crippen LogP contribution in [0.15, 0.2) is 12.1 Å². The Bertz CT molecular complexity index is 578. The number of nitro benzene ring substituents is 1. The van der Waals surface area contributed by atoms with Crippen molar-refractivity contribution >= 4 is 34.0 Å². The molecule has 0 N–H and O–H groups in total. The fourth-order valence-corrected chi connectivity index (χ4v) is 3.30. The molecule has 3 rings (SSSR count). The van der Waals surface area contributed by atoms with E-state index in [4.69, 9.17) is 9.47 Å². The zero-order chi connectivity index (χ0) is 15.0. The van der Waals surface area contributed by atoms with Gasteiger partial charge in [0.05, 0.1) is 28.3 Å². The molecule has 2 fully saturated rings. The van der Waals surface area contributed by atoms with Crippen LogP contribution in [0, 0.1) is 19.5 Å². The first-order chi connectivity index (χ1) is 10.0. The molecule has 2 heterocycles. The summed E-state index contributed by atoms with van der Waals surface area (Å²) in [7, 11) is 0. The molecule has 2 aliphatic heterocycles. The average Bonchev–Trinajstić information content (AvgIpc) is 2.89. The van der Waals surface area contributed by atoms with Crippen molar-refractivity contribution in [2.24, 2.45) is 0 Å². The van der Waals surface area contributed by atoms with E-state index in [9.17, 15) is 14.5 Å². The first-order valence-electron chi connectivity index (χ1n) is 6.67. The Morgan fingerprint density at radius 1 is 1.38 bits per heavy atom. The molecule has 6 nitrogen and oxygen atoms in total. The third-order valence-electron chi connectivity index (χ3n) is 3.79. The monoisotopic (exact) mass is 408 g/mol. The van der Waals surface area contributed by atoms with Gasteiger partial charge in [-0.1, -0.05) is 0 Å². The lowest BCUT2D eigenvalue weighted by atomic mass is 10.0. The zero-order valence-corrected chi connectivity index (χ0v) is 13.3. The Morgan fingerprint density at radius 3 is 2.76 bits per heavy atom. The van der Waals surface area contributed by atoms with Gasteiger partial charge < -0.3 is 14.4 Å². The maximum Gasteiger partial charge on any atom is 0.293 e. The molecule has 2 aliphatic rings. The van der Waals surface area contributed by atoms with Crippen molar-refractivity contribution in [2.75, 3.05) is 31.2 Å². The summed E-state index contributed by atoms with van der Waals surface area (Å²) in [4.78, 5) is 12.5. The molecule has 0 amide bonds. The largest absolute Gasteiger partial charge is 0.360 e. The van der Waals surface area contributed by atoms with Crippen LogP contribution in [-0.2, 0) is 9.47 Å². The molecule has 8 heteroatoms. The van der Waals surface area contributed by atoms with Gasteiger partial charge in [0.25, 0.3) is 5.69 Å². The van der Waals surface area contributed by atoms with Gasteiger partial charge in [-0.25, -0.2) is 4.39 Å². The molecule has 0 saturated carbocycles. The van der Waals surface area contributed by atoms with Gasteiger partial charge in [-0.2, -0.15) is 0 Å². The van der Waals surface area contributed by atoms with Gasteiger partial charge in [0, 0.05) is 25.1 Å². The second kappa shape index (κ2) is 5.65. The number of ether oxygens (including phenoxy) is 2. The molecule has 0 unspecified atom stereocenters. The van der Waals surface area contributed by atoms with Crippen LogP contribution < -0.4 is 4.90 Å². The maximum absolute atomic E-state index is 13.8. The minimum absolute atomic E-state index is 0.0872. The van der Waals surface area contributed by atoms with Crippen LogP contribution in [0.3, 0.4) is 0 Å². The summed E-state index contributed by atoms with van der Waals surface area (Å²) in [5, 5.41) is 11.2. The highest BCUT2D eigenvalue weighted by Gasteiger charge is 2.42. The van der Waals surface area contributed by atoms with Gasteiger partial charge in [0.15, 0.2) is 5.79 Å². The minimum Gasteiger partial charge on any atom is -0.360 e. The van der Waals surface area contributed by atoms with Gasteiger partial charge in [0.1, 0.15) is 11.5 Å². The van der Waals surface area contributed by atoms with Gasteiger partial charge in [-0.05, 0) is 29.0 Å². The van der Waals surface area contributed by atoms with Crippen molar-refractivity contribution in [3.05, 3.63) is 31.6 Å². The number of hydrogen-bond acceptors (Lipinski definition) is 5. The second-order valence-corrected chi connectivity index (χ2v) is 6.31. The minimum atomic E-state index is -0.703. The molecule has 0 aliphatic carbocycles. The Hall–Kier alpha value is -1.00. The third-order valence-corrected chi connectivity index (χ3v) is 4.61. The van der Waals surface area contributed by atoms with E-state index in [1.54, 1.807) is 27.5 Å². The van der Waals surface area contributed by atoms with Gasteiger partial charge >= 0.3 is 0 Å². The molecule has 1 aromatic rings. The number of anilines is 1. The van der Waals surface area contributed by atoms with Crippen molar-refractivity contribution in [3.63, 3.8) is 0 Å². The maximum atomic E-state index is 13.8. The molecule has 0 bridgehead atoms. The lowest BCUT2D eigenvalue weighted by Gasteiger charge is -2.39. The Labute approximate surface area is 134 Å². The summed E-state index contributed by atoms with van der Waals surface area (Å²) in [5.74, 6) is -1.16. The highest BCUT2D eigenvalue weighted by Crippen LogP contribution is 2.37. The van der Waals surface area contributed by atoms with Crippen LogP contribution in [-0.4, -0.2) is 37.0 Å². The van der Waals surface area contributed by atoms with E-state index < -0.39 is 16.5 Å². The van der Waals surface area contributed by atoms with Crippen molar-refractivity contribution in [2.45, 2.75) is 18.6 Å². The van der Waals surface area contributed by atoms with E-state index in [0.717, 1.165) is 12.8 Å². The molecule has 0 radical (unpaired) electrons. The van der Waals surface area contributed by atoms with E-state index in [1.165, 1.54) is 12.1 Å². The third kappa shape index (κ3) is 2.84. The summed E-state index contributed by atoms with van der Waals surface area (Å²) in [6.45, 7) is 2.05. The summed E-state index contributed by atoms with van der Waals surface area (Å²) in [5.41, 5.74) is 0.201. The van der Waals surface area contributed by atoms with Crippen LogP contribution in [0.5, 0.6) is 0 Å². The van der Waals surface area contributed by atoms with Gasteiger partial charge in [0.2, 0.25) is 0 Å². The number of piperidine rings is 1. The first kappa shape index (κ1) is 14.9. The zero-order valence-electron chi connectivity index (χ0n) is 11.2. The summed E-state index contributed by atoms with van der Waals surface area (Å²) < 4.78 is 25.4. The topological polar surface area (TPSA) is 64.8 Å². The van der Waals surface area contributed by atoms with Crippen molar-refractivity contribution in [1.82, 2.24) is 0 Å². The highest BCUT2D eigenvalue weighted by atomic mass is 127. The number of benzene rings is 1.